The third-order valence-electron chi connectivity index (χ3n) is 4.13. The summed E-state index contributed by atoms with van der Waals surface area (Å²) in [6, 6.07) is 8.45. The molecule has 1 amide bonds. The van der Waals surface area contributed by atoms with Crippen LogP contribution in [-0.4, -0.2) is 26.2 Å². The molecule has 0 bridgehead atoms. The van der Waals surface area contributed by atoms with Crippen LogP contribution >= 0.6 is 11.3 Å². The Kier molecular flexibility index (Phi) is 4.86. The van der Waals surface area contributed by atoms with Crippen molar-refractivity contribution >= 4 is 28.2 Å². The maximum Gasteiger partial charge on any atom is 0.257 e. The van der Waals surface area contributed by atoms with Crippen molar-refractivity contribution in [2.45, 2.75) is 13.5 Å². The molecule has 140 valence electrons. The Morgan fingerprint density at radius 2 is 2.00 bits per heavy atom. The van der Waals surface area contributed by atoms with Crippen LogP contribution in [0.25, 0.3) is 11.5 Å². The van der Waals surface area contributed by atoms with Crippen LogP contribution in [0.3, 0.4) is 0 Å². The predicted molar refractivity (Wildman–Crippen MR) is 106 cm³/mol. The molecule has 4 heterocycles. The van der Waals surface area contributed by atoms with Crippen molar-refractivity contribution in [1.29, 1.82) is 0 Å². The summed E-state index contributed by atoms with van der Waals surface area (Å²) in [7, 11) is 0. The molecule has 1 N–H and O–H groups in total. The molecular formula is C20H16N4O3S. The number of carbonyl (C=O) groups is 2. The van der Waals surface area contributed by atoms with Gasteiger partial charge < -0.3 is 8.98 Å². The van der Waals surface area contributed by atoms with Gasteiger partial charge in [-0.15, -0.1) is 0 Å². The maximum atomic E-state index is 13.1. The Bertz CT molecular complexity index is 1110. The number of rotatable bonds is 6. The molecule has 4 aromatic rings. The van der Waals surface area contributed by atoms with E-state index in [1.165, 1.54) is 6.26 Å². The van der Waals surface area contributed by atoms with E-state index in [1.54, 1.807) is 48.9 Å². The van der Waals surface area contributed by atoms with Gasteiger partial charge in [0.25, 0.3) is 5.91 Å². The molecule has 0 radical (unpaired) electrons. The summed E-state index contributed by atoms with van der Waals surface area (Å²) in [5, 5.41) is 3.07. The molecule has 7 nitrogen and oxygen atoms in total. The number of carbonyl (C=O) groups excluding carboxylic acids is 2. The quantitative estimate of drug-likeness (QED) is 0.499. The van der Waals surface area contributed by atoms with Gasteiger partial charge in [0.2, 0.25) is 5.78 Å². The molecule has 0 aliphatic carbocycles. The highest BCUT2D eigenvalue weighted by Gasteiger charge is 2.24. The number of thiazole rings is 1. The highest BCUT2D eigenvalue weighted by atomic mass is 32.1. The normalized spacial score (nSPS) is 10.8. The molecule has 0 aromatic carbocycles. The highest BCUT2D eigenvalue weighted by Crippen LogP contribution is 2.33. The number of aromatic nitrogens is 3. The van der Waals surface area contributed by atoms with Gasteiger partial charge in [-0.25, -0.2) is 4.98 Å². The van der Waals surface area contributed by atoms with Crippen LogP contribution in [-0.2, 0) is 6.54 Å². The van der Waals surface area contributed by atoms with Gasteiger partial charge in [0.15, 0.2) is 10.9 Å². The Morgan fingerprint density at radius 3 is 2.68 bits per heavy atom. The summed E-state index contributed by atoms with van der Waals surface area (Å²) >= 11 is 1.12. The minimum Gasteiger partial charge on any atom is -0.463 e. The monoisotopic (exact) mass is 392 g/mol. The Hall–Kier alpha value is -3.52. The molecule has 8 heteroatoms. The molecular weight excluding hydrogens is 376 g/mol. The molecule has 0 saturated carbocycles. The second kappa shape index (κ2) is 7.61. The van der Waals surface area contributed by atoms with Gasteiger partial charge in [-0.05, 0) is 37.3 Å². The number of amides is 1. The van der Waals surface area contributed by atoms with Crippen molar-refractivity contribution in [3.63, 3.8) is 0 Å². The number of pyridine rings is 1. The number of anilines is 1. The third kappa shape index (κ3) is 3.49. The third-order valence-corrected chi connectivity index (χ3v) is 5.10. The minimum atomic E-state index is -0.321. The van der Waals surface area contributed by atoms with Gasteiger partial charge in [-0.1, -0.05) is 11.3 Å². The number of hydrogen-bond donors (Lipinski definition) is 1. The van der Waals surface area contributed by atoms with E-state index in [0.717, 1.165) is 17.9 Å². The zero-order chi connectivity index (χ0) is 19.5. The first kappa shape index (κ1) is 17.9. The summed E-state index contributed by atoms with van der Waals surface area (Å²) in [6.07, 6.45) is 8.25. The van der Waals surface area contributed by atoms with Crippen molar-refractivity contribution in [2.75, 3.05) is 5.32 Å². The van der Waals surface area contributed by atoms with E-state index >= 15 is 0 Å². The van der Waals surface area contributed by atoms with Crippen LogP contribution in [0.15, 0.2) is 65.8 Å². The van der Waals surface area contributed by atoms with Crippen molar-refractivity contribution in [1.82, 2.24) is 14.5 Å². The lowest BCUT2D eigenvalue weighted by Crippen LogP contribution is -2.11. The van der Waals surface area contributed by atoms with E-state index in [4.69, 9.17) is 4.42 Å². The highest BCUT2D eigenvalue weighted by molar-refractivity contribution is 7.18. The van der Waals surface area contributed by atoms with Crippen molar-refractivity contribution in [3.05, 3.63) is 77.4 Å². The Balaban J connectivity index is 1.69. The van der Waals surface area contributed by atoms with Gasteiger partial charge in [0, 0.05) is 42.5 Å². The fourth-order valence-electron chi connectivity index (χ4n) is 2.68. The van der Waals surface area contributed by atoms with Crippen LogP contribution in [0.1, 0.15) is 32.5 Å². The zero-order valence-electron chi connectivity index (χ0n) is 15.0. The summed E-state index contributed by atoms with van der Waals surface area (Å²) in [6.45, 7) is 2.77. The average Bonchev–Trinajstić information content (AvgIpc) is 3.47. The number of furan rings is 1. The fraction of sp³-hybridized carbons (Fsp3) is 0.100. The fourth-order valence-corrected chi connectivity index (χ4v) is 3.61. The van der Waals surface area contributed by atoms with Crippen molar-refractivity contribution in [2.24, 2.45) is 0 Å². The zero-order valence-corrected chi connectivity index (χ0v) is 15.8. The molecule has 0 fully saturated rings. The first-order valence-corrected chi connectivity index (χ1v) is 9.44. The lowest BCUT2D eigenvalue weighted by Gasteiger charge is -2.00. The lowest BCUT2D eigenvalue weighted by molar-refractivity contribution is 0.102. The Morgan fingerprint density at radius 1 is 1.18 bits per heavy atom. The van der Waals surface area contributed by atoms with Gasteiger partial charge in [-0.3, -0.25) is 19.9 Å². The van der Waals surface area contributed by atoms with Crippen molar-refractivity contribution < 1.29 is 14.0 Å². The predicted octanol–water partition coefficient (Wildman–Crippen LogP) is 4.10. The van der Waals surface area contributed by atoms with Crippen LogP contribution in [0.4, 0.5) is 5.13 Å². The molecule has 0 atom stereocenters. The van der Waals surface area contributed by atoms with E-state index in [1.807, 2.05) is 17.7 Å². The molecule has 0 unspecified atom stereocenters. The summed E-state index contributed by atoms with van der Waals surface area (Å²) in [5.74, 6) is -0.0160. The molecule has 4 aromatic heterocycles. The Labute approximate surface area is 164 Å². The largest absolute Gasteiger partial charge is 0.463 e. The minimum absolute atomic E-state index is 0.166. The average molecular weight is 392 g/mol. The second-order valence-corrected chi connectivity index (χ2v) is 6.92. The van der Waals surface area contributed by atoms with Gasteiger partial charge >= 0.3 is 0 Å². The standard InChI is InChI=1S/C20H16N4O3S/c1-2-24-10-7-14(12-24)17(25)18-16(15-4-3-11-27-15)22-20(28-18)23-19(26)13-5-8-21-9-6-13/h3-12H,2H2,1H3,(H,22,23,26). The molecule has 0 saturated heterocycles. The van der Waals surface area contributed by atoms with E-state index < -0.39 is 0 Å². The van der Waals surface area contributed by atoms with Crippen molar-refractivity contribution in [3.8, 4) is 11.5 Å². The van der Waals surface area contributed by atoms with Crippen LogP contribution in [0, 0.1) is 0 Å². The van der Waals surface area contributed by atoms with Crippen LogP contribution < -0.4 is 5.32 Å². The van der Waals surface area contributed by atoms with Gasteiger partial charge in [0.05, 0.1) is 6.26 Å². The van der Waals surface area contributed by atoms with E-state index in [-0.39, 0.29) is 11.7 Å². The smallest absolute Gasteiger partial charge is 0.257 e. The van der Waals surface area contributed by atoms with Crippen LogP contribution in [0.5, 0.6) is 0 Å². The molecule has 0 spiro atoms. The van der Waals surface area contributed by atoms with E-state index in [0.29, 0.717) is 32.6 Å². The summed E-state index contributed by atoms with van der Waals surface area (Å²) < 4.78 is 7.36. The SMILES string of the molecule is CCn1ccc(C(=O)c2sc(NC(=O)c3ccncc3)nc2-c2ccco2)c1. The topological polar surface area (TPSA) is 90.0 Å². The van der Waals surface area contributed by atoms with E-state index in [2.05, 4.69) is 15.3 Å². The first-order valence-electron chi connectivity index (χ1n) is 8.62. The molecule has 0 aliphatic heterocycles. The first-order chi connectivity index (χ1) is 13.7. The van der Waals surface area contributed by atoms with Crippen LogP contribution in [0.2, 0.25) is 0 Å². The molecule has 28 heavy (non-hydrogen) atoms. The van der Waals surface area contributed by atoms with Gasteiger partial charge in [-0.2, -0.15) is 0 Å². The molecule has 0 aliphatic rings. The van der Waals surface area contributed by atoms with Gasteiger partial charge in [0.1, 0.15) is 10.6 Å². The second-order valence-electron chi connectivity index (χ2n) is 5.92. The number of ketones is 1. The maximum absolute atomic E-state index is 13.1. The lowest BCUT2D eigenvalue weighted by atomic mass is 10.1. The number of aryl methyl sites for hydroxylation is 1. The number of nitrogens with one attached hydrogen (secondary N) is 1. The van der Waals surface area contributed by atoms with E-state index in [9.17, 15) is 9.59 Å². The number of nitrogens with zero attached hydrogens (tertiary/aromatic N) is 3. The summed E-state index contributed by atoms with van der Waals surface area (Å²) in [4.78, 5) is 34.2. The molecule has 4 rings (SSSR count). The number of hydrogen-bond acceptors (Lipinski definition) is 6. The summed E-state index contributed by atoms with van der Waals surface area (Å²) in [5.41, 5.74) is 1.43.